The maximum atomic E-state index is 12.3. The summed E-state index contributed by atoms with van der Waals surface area (Å²) < 4.78 is 5.55. The van der Waals surface area contributed by atoms with Crippen molar-refractivity contribution in [2.75, 3.05) is 5.32 Å². The van der Waals surface area contributed by atoms with E-state index in [2.05, 4.69) is 22.2 Å². The van der Waals surface area contributed by atoms with Gasteiger partial charge in [-0.15, -0.1) is 0 Å². The zero-order valence-corrected chi connectivity index (χ0v) is 18.0. The molecule has 4 rings (SSSR count). The number of carbonyl (C=O) groups is 1. The van der Waals surface area contributed by atoms with Gasteiger partial charge < -0.3 is 15.8 Å². The predicted octanol–water partition coefficient (Wildman–Crippen LogP) is 4.54. The first-order valence-electron chi connectivity index (χ1n) is 10.2. The Labute approximate surface area is 176 Å². The zero-order chi connectivity index (χ0) is 21.6. The molecule has 3 aromatic heterocycles. The third kappa shape index (κ3) is 3.39. The molecular weight excluding hydrogens is 378 g/mol. The number of nitrogens with zero attached hydrogens (tertiary/aromatic N) is 3. The van der Waals surface area contributed by atoms with Gasteiger partial charge in [-0.2, -0.15) is 0 Å². The van der Waals surface area contributed by atoms with Crippen molar-refractivity contribution in [2.24, 2.45) is 5.73 Å². The minimum absolute atomic E-state index is 0.0283. The van der Waals surface area contributed by atoms with Crippen molar-refractivity contribution in [3.8, 4) is 0 Å². The summed E-state index contributed by atoms with van der Waals surface area (Å²) in [6.45, 7) is 9.84. The van der Waals surface area contributed by atoms with Gasteiger partial charge in [-0.05, 0) is 56.3 Å². The van der Waals surface area contributed by atoms with Crippen LogP contribution >= 0.6 is 0 Å². The Morgan fingerprint density at radius 2 is 1.97 bits per heavy atom. The van der Waals surface area contributed by atoms with Crippen molar-refractivity contribution in [1.82, 2.24) is 15.0 Å². The number of anilines is 2. The summed E-state index contributed by atoms with van der Waals surface area (Å²) in [5.74, 6) is 0.928. The smallest absolute Gasteiger partial charge is 0.340 e. The van der Waals surface area contributed by atoms with Crippen LogP contribution in [0.2, 0.25) is 0 Å². The Bertz CT molecular complexity index is 1140. The van der Waals surface area contributed by atoms with Crippen LogP contribution < -0.4 is 11.1 Å². The Kier molecular flexibility index (Phi) is 4.94. The van der Waals surface area contributed by atoms with Crippen molar-refractivity contribution in [3.05, 3.63) is 53.1 Å². The molecule has 3 aromatic rings. The summed E-state index contributed by atoms with van der Waals surface area (Å²) >= 11 is 0. The van der Waals surface area contributed by atoms with Crippen molar-refractivity contribution >= 4 is 28.4 Å². The van der Waals surface area contributed by atoms with E-state index >= 15 is 0 Å². The van der Waals surface area contributed by atoms with E-state index in [0.29, 0.717) is 17.2 Å². The summed E-state index contributed by atoms with van der Waals surface area (Å²) in [4.78, 5) is 26.0. The van der Waals surface area contributed by atoms with Gasteiger partial charge in [0.15, 0.2) is 0 Å². The highest BCUT2D eigenvalue weighted by atomic mass is 16.6. The number of esters is 1. The molecule has 0 spiro atoms. The summed E-state index contributed by atoms with van der Waals surface area (Å²) in [5, 5.41) is 5.29. The average molecular weight is 406 g/mol. The summed E-state index contributed by atoms with van der Waals surface area (Å²) in [6, 6.07) is 5.42. The highest BCUT2D eigenvalue weighted by Gasteiger charge is 2.40. The Balaban J connectivity index is 1.73. The molecule has 3 N–H and O–H groups in total. The zero-order valence-electron chi connectivity index (χ0n) is 18.0. The number of aromatic nitrogens is 3. The second kappa shape index (κ2) is 7.32. The fraction of sp³-hybridized carbons (Fsp3) is 0.391. The molecule has 1 aliphatic heterocycles. The molecule has 4 heterocycles. The van der Waals surface area contributed by atoms with E-state index in [1.807, 2.05) is 46.2 Å². The number of carbonyl (C=O) groups excluding carboxylic acids is 1. The monoisotopic (exact) mass is 405 g/mol. The van der Waals surface area contributed by atoms with E-state index in [9.17, 15) is 4.79 Å². The van der Waals surface area contributed by atoms with Crippen LogP contribution in [0.5, 0.6) is 0 Å². The standard InChI is InChI=1S/C23H27N5O2/c1-6-18(24)17-11-25-13(3)16-10-26-20(9-15(16)17)27-19-8-7-14-21(28-19)12(2)23(4,5)30-22(14)29/h7-12,18H,6,24H2,1-5H3,(H,26,27,28)/t12-,18+/m1/s1. The molecule has 0 bridgehead atoms. The maximum absolute atomic E-state index is 12.3. The topological polar surface area (TPSA) is 103 Å². The molecule has 0 fully saturated rings. The van der Waals surface area contributed by atoms with Crippen LogP contribution in [-0.2, 0) is 4.74 Å². The first-order valence-corrected chi connectivity index (χ1v) is 10.2. The summed E-state index contributed by atoms with van der Waals surface area (Å²) in [5.41, 5.74) is 8.86. The van der Waals surface area contributed by atoms with Crippen LogP contribution in [0.1, 0.15) is 73.4 Å². The van der Waals surface area contributed by atoms with Crippen LogP contribution in [0.25, 0.3) is 10.8 Å². The number of ether oxygens (including phenoxy) is 1. The van der Waals surface area contributed by atoms with Crippen molar-refractivity contribution in [1.29, 1.82) is 0 Å². The molecule has 0 saturated carbocycles. The number of nitrogens with one attached hydrogen (secondary N) is 1. The molecule has 0 saturated heterocycles. The maximum Gasteiger partial charge on any atom is 0.340 e. The Hall–Kier alpha value is -3.06. The fourth-order valence-corrected chi connectivity index (χ4v) is 3.76. The van der Waals surface area contributed by atoms with Crippen LogP contribution in [0.4, 0.5) is 11.6 Å². The Morgan fingerprint density at radius 3 is 2.70 bits per heavy atom. The minimum atomic E-state index is -0.605. The molecule has 0 aromatic carbocycles. The summed E-state index contributed by atoms with van der Waals surface area (Å²) in [6.07, 6.45) is 4.48. The normalized spacial score (nSPS) is 18.6. The second-order valence-corrected chi connectivity index (χ2v) is 8.40. The highest BCUT2D eigenvalue weighted by molar-refractivity contribution is 5.93. The quantitative estimate of drug-likeness (QED) is 0.614. The van der Waals surface area contributed by atoms with Gasteiger partial charge in [0, 0.05) is 35.4 Å². The lowest BCUT2D eigenvalue weighted by Crippen LogP contribution is -2.39. The van der Waals surface area contributed by atoms with E-state index in [-0.39, 0.29) is 17.9 Å². The number of hydrogen-bond donors (Lipinski definition) is 2. The number of pyridine rings is 3. The van der Waals surface area contributed by atoms with Gasteiger partial charge in [0.05, 0.1) is 11.3 Å². The van der Waals surface area contributed by atoms with Gasteiger partial charge in [-0.3, -0.25) is 4.98 Å². The lowest BCUT2D eigenvalue weighted by molar-refractivity contribution is -0.0189. The molecule has 1 aliphatic rings. The third-order valence-corrected chi connectivity index (χ3v) is 6.05. The van der Waals surface area contributed by atoms with Crippen molar-refractivity contribution < 1.29 is 9.53 Å². The largest absolute Gasteiger partial charge is 0.455 e. The lowest BCUT2D eigenvalue weighted by atomic mass is 9.84. The molecule has 30 heavy (non-hydrogen) atoms. The number of cyclic esters (lactones) is 1. The molecule has 7 heteroatoms. The highest BCUT2D eigenvalue weighted by Crippen LogP contribution is 2.38. The van der Waals surface area contributed by atoms with Gasteiger partial charge in [0.2, 0.25) is 0 Å². The molecule has 0 aliphatic carbocycles. The molecule has 2 atom stereocenters. The summed E-state index contributed by atoms with van der Waals surface area (Å²) in [7, 11) is 0. The van der Waals surface area contributed by atoms with Crippen LogP contribution in [0, 0.1) is 6.92 Å². The number of hydrogen-bond acceptors (Lipinski definition) is 7. The molecule has 0 amide bonds. The van der Waals surface area contributed by atoms with E-state index in [4.69, 9.17) is 15.5 Å². The van der Waals surface area contributed by atoms with Crippen molar-refractivity contribution in [3.63, 3.8) is 0 Å². The van der Waals surface area contributed by atoms with Crippen molar-refractivity contribution in [2.45, 2.75) is 58.6 Å². The molecule has 0 unspecified atom stereocenters. The number of rotatable bonds is 4. The fourth-order valence-electron chi connectivity index (χ4n) is 3.76. The lowest BCUT2D eigenvalue weighted by Gasteiger charge is -2.36. The number of fused-ring (bicyclic) bond motifs is 2. The second-order valence-electron chi connectivity index (χ2n) is 8.40. The van der Waals surface area contributed by atoms with Gasteiger partial charge in [0.25, 0.3) is 0 Å². The minimum Gasteiger partial charge on any atom is -0.455 e. The molecule has 156 valence electrons. The van der Waals surface area contributed by atoms with Gasteiger partial charge in [0.1, 0.15) is 17.2 Å². The molecule has 0 radical (unpaired) electrons. The van der Waals surface area contributed by atoms with Crippen LogP contribution in [-0.4, -0.2) is 26.5 Å². The number of aryl methyl sites for hydroxylation is 1. The van der Waals surface area contributed by atoms with Crippen LogP contribution in [0.15, 0.2) is 30.6 Å². The van der Waals surface area contributed by atoms with E-state index in [1.54, 1.807) is 12.1 Å². The molecular formula is C23H27N5O2. The van der Waals surface area contributed by atoms with Gasteiger partial charge in [-0.25, -0.2) is 14.8 Å². The Morgan fingerprint density at radius 1 is 1.20 bits per heavy atom. The SMILES string of the molecule is CC[C@H](N)c1cnc(C)c2cnc(Nc3ccc4c(n3)[C@@H](C)C(C)(C)OC4=O)cc12. The molecule has 7 nitrogen and oxygen atoms in total. The van der Waals surface area contributed by atoms with E-state index < -0.39 is 5.60 Å². The van der Waals surface area contributed by atoms with E-state index in [0.717, 1.165) is 34.1 Å². The predicted molar refractivity (Wildman–Crippen MR) is 117 cm³/mol. The van der Waals surface area contributed by atoms with E-state index in [1.165, 1.54) is 0 Å². The van der Waals surface area contributed by atoms with Gasteiger partial charge in [-0.1, -0.05) is 13.8 Å². The van der Waals surface area contributed by atoms with Gasteiger partial charge >= 0.3 is 5.97 Å². The average Bonchev–Trinajstić information content (AvgIpc) is 2.71. The van der Waals surface area contributed by atoms with Crippen LogP contribution in [0.3, 0.4) is 0 Å². The third-order valence-electron chi connectivity index (χ3n) is 6.05. The first-order chi connectivity index (χ1) is 14.2. The first kappa shape index (κ1) is 20.2. The number of nitrogens with two attached hydrogens (primary N) is 1.